The van der Waals surface area contributed by atoms with E-state index in [1.165, 1.54) is 12.0 Å². The van der Waals surface area contributed by atoms with E-state index < -0.39 is 11.6 Å². The monoisotopic (exact) mass is 300 g/mol. The van der Waals surface area contributed by atoms with Crippen LogP contribution in [0.25, 0.3) is 0 Å². The molecule has 1 fully saturated rings. The Bertz CT molecular complexity index is 710. The van der Waals surface area contributed by atoms with Gasteiger partial charge in [0.05, 0.1) is 13.7 Å². The molecule has 0 saturated carbocycles. The first-order valence-corrected chi connectivity index (χ1v) is 6.87. The van der Waals surface area contributed by atoms with Crippen LogP contribution in [0.1, 0.15) is 18.2 Å². The number of amides is 3. The van der Waals surface area contributed by atoms with E-state index in [1.807, 2.05) is 30.3 Å². The summed E-state index contributed by atoms with van der Waals surface area (Å²) in [7, 11) is 1.47. The van der Waals surface area contributed by atoms with Crippen molar-refractivity contribution in [3.05, 3.63) is 53.8 Å². The summed E-state index contributed by atoms with van der Waals surface area (Å²) in [5, 5.41) is 2.69. The zero-order chi connectivity index (χ0) is 15.7. The minimum atomic E-state index is -1.22. The normalized spacial score (nSPS) is 21.1. The quantitative estimate of drug-likeness (QED) is 0.879. The third-order valence-corrected chi connectivity index (χ3v) is 3.73. The van der Waals surface area contributed by atoms with Crippen LogP contribution in [0.2, 0.25) is 0 Å². The smallest absolute Gasteiger partial charge is 0.325 e. The van der Waals surface area contributed by atoms with Crippen LogP contribution in [0.4, 0.5) is 4.79 Å². The number of carbonyl (C=O) groups excluding carboxylic acids is 2. The summed E-state index contributed by atoms with van der Waals surface area (Å²) in [6, 6.07) is 12.1. The van der Waals surface area contributed by atoms with Gasteiger partial charge in [-0.25, -0.2) is 4.79 Å². The zero-order valence-electron chi connectivity index (χ0n) is 12.3. The van der Waals surface area contributed by atoms with Crippen molar-refractivity contribution in [1.29, 1.82) is 0 Å². The van der Waals surface area contributed by atoms with Crippen LogP contribution in [0.15, 0.2) is 46.9 Å². The average Bonchev–Trinajstić information content (AvgIpc) is 3.09. The van der Waals surface area contributed by atoms with E-state index in [2.05, 4.69) is 5.32 Å². The molecule has 1 aromatic heterocycles. The molecule has 1 N–H and O–H groups in total. The Hall–Kier alpha value is -2.76. The number of urea groups is 1. The Morgan fingerprint density at radius 2 is 1.91 bits per heavy atom. The highest BCUT2D eigenvalue weighted by atomic mass is 16.6. The van der Waals surface area contributed by atoms with Gasteiger partial charge in [-0.15, -0.1) is 0 Å². The fourth-order valence-electron chi connectivity index (χ4n) is 2.47. The highest BCUT2D eigenvalue weighted by Gasteiger charge is 2.51. The third-order valence-electron chi connectivity index (χ3n) is 3.73. The topological polar surface area (TPSA) is 71.8 Å². The van der Waals surface area contributed by atoms with Gasteiger partial charge in [0.2, 0.25) is 0 Å². The van der Waals surface area contributed by atoms with Crippen LogP contribution < -0.4 is 10.1 Å². The van der Waals surface area contributed by atoms with Gasteiger partial charge < -0.3 is 14.5 Å². The second-order valence-electron chi connectivity index (χ2n) is 5.25. The Morgan fingerprint density at radius 1 is 1.18 bits per heavy atom. The maximum absolute atomic E-state index is 12.7. The maximum Gasteiger partial charge on any atom is 0.325 e. The Kier molecular flexibility index (Phi) is 3.36. The molecular weight excluding hydrogens is 284 g/mol. The van der Waals surface area contributed by atoms with E-state index in [1.54, 1.807) is 19.1 Å². The van der Waals surface area contributed by atoms with Crippen molar-refractivity contribution in [3.63, 3.8) is 0 Å². The summed E-state index contributed by atoms with van der Waals surface area (Å²) < 4.78 is 10.4. The summed E-state index contributed by atoms with van der Waals surface area (Å²) >= 11 is 0. The van der Waals surface area contributed by atoms with Crippen LogP contribution >= 0.6 is 0 Å². The van der Waals surface area contributed by atoms with Crippen molar-refractivity contribution in [1.82, 2.24) is 10.2 Å². The lowest BCUT2D eigenvalue weighted by atomic mass is 9.99. The fourth-order valence-corrected chi connectivity index (χ4v) is 2.47. The van der Waals surface area contributed by atoms with Crippen LogP contribution in [-0.4, -0.2) is 23.9 Å². The lowest BCUT2D eigenvalue weighted by molar-refractivity contribution is -0.132. The zero-order valence-corrected chi connectivity index (χ0v) is 12.3. The summed E-state index contributed by atoms with van der Waals surface area (Å²) in [5.74, 6) is 0.288. The molecule has 0 bridgehead atoms. The molecule has 1 atom stereocenters. The van der Waals surface area contributed by atoms with Gasteiger partial charge in [-0.05, 0) is 18.6 Å². The molecule has 0 radical (unpaired) electrons. The fraction of sp³-hybridized carbons (Fsp3) is 0.250. The molecule has 1 saturated heterocycles. The summed E-state index contributed by atoms with van der Waals surface area (Å²) in [5.41, 5.74) is -0.338. The molecule has 1 aliphatic rings. The first-order chi connectivity index (χ1) is 10.5. The number of nitrogens with one attached hydrogen (secondary N) is 1. The number of furan rings is 1. The van der Waals surface area contributed by atoms with Gasteiger partial charge in [0.25, 0.3) is 11.9 Å². The second kappa shape index (κ2) is 5.22. The SMILES string of the molecule is COc1ccc([C@]2(C)NC(=O)N(Cc3ccccc3)C2=O)o1. The number of methoxy groups -OCH3 is 1. The lowest BCUT2D eigenvalue weighted by Crippen LogP contribution is -2.40. The molecule has 1 aromatic carbocycles. The number of carbonyl (C=O) groups is 2. The van der Waals surface area contributed by atoms with Gasteiger partial charge in [-0.1, -0.05) is 30.3 Å². The van der Waals surface area contributed by atoms with Crippen LogP contribution in [0.3, 0.4) is 0 Å². The summed E-state index contributed by atoms with van der Waals surface area (Å²) in [6.45, 7) is 1.84. The molecule has 0 spiro atoms. The average molecular weight is 300 g/mol. The van der Waals surface area contributed by atoms with Crippen molar-refractivity contribution >= 4 is 11.9 Å². The molecule has 1 aliphatic heterocycles. The Labute approximate surface area is 127 Å². The number of hydrogen-bond acceptors (Lipinski definition) is 4. The van der Waals surface area contributed by atoms with Crippen molar-refractivity contribution in [2.75, 3.05) is 7.11 Å². The molecule has 0 unspecified atom stereocenters. The van der Waals surface area contributed by atoms with Crippen molar-refractivity contribution in [2.24, 2.45) is 0 Å². The first-order valence-electron chi connectivity index (χ1n) is 6.87. The van der Waals surface area contributed by atoms with E-state index in [4.69, 9.17) is 9.15 Å². The third kappa shape index (κ3) is 2.22. The molecule has 6 heteroatoms. The lowest BCUT2D eigenvalue weighted by Gasteiger charge is -2.19. The summed E-state index contributed by atoms with van der Waals surface area (Å²) in [4.78, 5) is 26.0. The minimum Gasteiger partial charge on any atom is -0.468 e. The Balaban J connectivity index is 1.87. The second-order valence-corrected chi connectivity index (χ2v) is 5.25. The van der Waals surface area contributed by atoms with E-state index in [-0.39, 0.29) is 12.5 Å². The molecular formula is C16H16N2O4. The predicted molar refractivity (Wildman–Crippen MR) is 78.1 cm³/mol. The molecule has 6 nitrogen and oxygen atoms in total. The molecule has 0 aliphatic carbocycles. The standard InChI is InChI=1S/C16H16N2O4/c1-16(12-8-9-13(21-2)22-12)14(19)18(15(20)17-16)10-11-6-4-3-5-7-11/h3-9H,10H2,1-2H3,(H,17,20)/t16-/m0/s1. The molecule has 3 amide bonds. The molecule has 2 heterocycles. The van der Waals surface area contributed by atoms with Crippen LogP contribution in [-0.2, 0) is 16.9 Å². The molecule has 114 valence electrons. The van der Waals surface area contributed by atoms with E-state index in [9.17, 15) is 9.59 Å². The van der Waals surface area contributed by atoms with E-state index >= 15 is 0 Å². The molecule has 22 heavy (non-hydrogen) atoms. The first kappa shape index (κ1) is 14.2. The Morgan fingerprint density at radius 3 is 2.55 bits per heavy atom. The largest absolute Gasteiger partial charge is 0.468 e. The van der Waals surface area contributed by atoms with Gasteiger partial charge in [-0.3, -0.25) is 9.69 Å². The number of rotatable bonds is 4. The minimum absolute atomic E-state index is 0.221. The highest BCUT2D eigenvalue weighted by Crippen LogP contribution is 2.32. The number of benzene rings is 1. The maximum atomic E-state index is 12.7. The number of hydrogen-bond donors (Lipinski definition) is 1. The summed E-state index contributed by atoms with van der Waals surface area (Å²) in [6.07, 6.45) is 0. The van der Waals surface area contributed by atoms with Gasteiger partial charge >= 0.3 is 6.03 Å². The predicted octanol–water partition coefficient (Wildman–Crippen LogP) is 2.26. The molecule has 2 aromatic rings. The van der Waals surface area contributed by atoms with Gasteiger partial charge in [0.1, 0.15) is 5.76 Å². The van der Waals surface area contributed by atoms with Gasteiger partial charge in [-0.2, -0.15) is 0 Å². The highest BCUT2D eigenvalue weighted by molar-refractivity contribution is 6.06. The van der Waals surface area contributed by atoms with Crippen LogP contribution in [0, 0.1) is 0 Å². The molecule has 3 rings (SSSR count). The van der Waals surface area contributed by atoms with E-state index in [0.29, 0.717) is 11.7 Å². The van der Waals surface area contributed by atoms with Crippen molar-refractivity contribution in [3.8, 4) is 5.95 Å². The van der Waals surface area contributed by atoms with E-state index in [0.717, 1.165) is 5.56 Å². The van der Waals surface area contributed by atoms with Crippen molar-refractivity contribution in [2.45, 2.75) is 19.0 Å². The van der Waals surface area contributed by atoms with Crippen molar-refractivity contribution < 1.29 is 18.7 Å². The number of imide groups is 1. The van der Waals surface area contributed by atoms with Gasteiger partial charge in [0, 0.05) is 6.07 Å². The van der Waals surface area contributed by atoms with Gasteiger partial charge in [0.15, 0.2) is 5.54 Å². The number of ether oxygens (including phenoxy) is 1. The van der Waals surface area contributed by atoms with Crippen LogP contribution in [0.5, 0.6) is 5.95 Å². The number of nitrogens with zero attached hydrogens (tertiary/aromatic N) is 1.